The molecule has 152 valence electrons. The maximum absolute atomic E-state index is 12.7. The Kier molecular flexibility index (Phi) is 7.60. The minimum Gasteiger partial charge on any atom is -0.384 e. The Balaban J connectivity index is 2.46. The molecule has 0 bridgehead atoms. The van der Waals surface area contributed by atoms with Gasteiger partial charge in [-0.2, -0.15) is 0 Å². The molecule has 1 aromatic rings. The summed E-state index contributed by atoms with van der Waals surface area (Å²) in [7, 11) is 1.64. The van der Waals surface area contributed by atoms with Gasteiger partial charge in [-0.25, -0.2) is 0 Å². The number of carbonyl (C=O) groups excluding carboxylic acids is 1. The molecule has 28 heavy (non-hydrogen) atoms. The molecule has 1 aliphatic rings. The van der Waals surface area contributed by atoms with Gasteiger partial charge in [0.05, 0.1) is 6.61 Å². The lowest BCUT2D eigenvalue weighted by Crippen LogP contribution is -2.23. The minimum atomic E-state index is -0.0217. The van der Waals surface area contributed by atoms with Gasteiger partial charge in [-0.15, -0.1) is 0 Å². The largest absolute Gasteiger partial charge is 0.384 e. The molecular formula is C26H36O2. The van der Waals surface area contributed by atoms with Crippen LogP contribution in [0.25, 0.3) is 5.57 Å². The van der Waals surface area contributed by atoms with E-state index in [4.69, 9.17) is 4.74 Å². The summed E-state index contributed by atoms with van der Waals surface area (Å²) in [5.41, 5.74) is 7.02. The van der Waals surface area contributed by atoms with Gasteiger partial charge in [-0.3, -0.25) is 4.79 Å². The first-order chi connectivity index (χ1) is 13.2. The van der Waals surface area contributed by atoms with Crippen LogP contribution in [0.2, 0.25) is 0 Å². The molecule has 0 saturated carbocycles. The van der Waals surface area contributed by atoms with Crippen LogP contribution in [-0.2, 0) is 14.9 Å². The maximum atomic E-state index is 12.7. The van der Waals surface area contributed by atoms with E-state index in [0.29, 0.717) is 18.9 Å². The van der Waals surface area contributed by atoms with E-state index >= 15 is 0 Å². The molecule has 1 aliphatic carbocycles. The van der Waals surface area contributed by atoms with Crippen molar-refractivity contribution in [1.82, 2.24) is 0 Å². The highest BCUT2D eigenvalue weighted by Gasteiger charge is 2.28. The van der Waals surface area contributed by atoms with Gasteiger partial charge in [0.2, 0.25) is 0 Å². The third-order valence-electron chi connectivity index (χ3n) is 6.26. The van der Waals surface area contributed by atoms with E-state index in [9.17, 15) is 4.79 Å². The van der Waals surface area contributed by atoms with Gasteiger partial charge in [0.15, 0.2) is 5.78 Å². The van der Waals surface area contributed by atoms with Crippen LogP contribution in [0.15, 0.2) is 53.6 Å². The van der Waals surface area contributed by atoms with E-state index < -0.39 is 0 Å². The Morgan fingerprint density at radius 3 is 2.68 bits per heavy atom. The van der Waals surface area contributed by atoms with Crippen molar-refractivity contribution < 1.29 is 9.53 Å². The predicted molar refractivity (Wildman–Crippen MR) is 119 cm³/mol. The molecule has 0 spiro atoms. The number of benzene rings is 1. The van der Waals surface area contributed by atoms with Crippen molar-refractivity contribution in [2.75, 3.05) is 13.7 Å². The van der Waals surface area contributed by atoms with Gasteiger partial charge in [-0.1, -0.05) is 69.2 Å². The number of rotatable bonds is 9. The number of ether oxygens (including phenoxy) is 1. The monoisotopic (exact) mass is 380 g/mol. The zero-order chi connectivity index (χ0) is 20.9. The van der Waals surface area contributed by atoms with Crippen LogP contribution in [0.3, 0.4) is 0 Å². The topological polar surface area (TPSA) is 26.3 Å². The van der Waals surface area contributed by atoms with E-state index in [1.54, 1.807) is 7.11 Å². The summed E-state index contributed by atoms with van der Waals surface area (Å²) in [5.74, 6) is 0.578. The average Bonchev–Trinajstić information content (AvgIpc) is 2.66. The Hall–Kier alpha value is -1.93. The summed E-state index contributed by atoms with van der Waals surface area (Å²) in [6.45, 7) is 15.7. The lowest BCUT2D eigenvalue weighted by Gasteiger charge is -2.32. The summed E-state index contributed by atoms with van der Waals surface area (Å²) in [5, 5.41) is 0. The lowest BCUT2D eigenvalue weighted by atomic mass is 9.72. The molecule has 0 heterocycles. The van der Waals surface area contributed by atoms with Crippen LogP contribution in [0.1, 0.15) is 71.4 Å². The summed E-state index contributed by atoms with van der Waals surface area (Å²) in [6, 6.07) is 8.85. The van der Waals surface area contributed by atoms with Crippen molar-refractivity contribution in [3.63, 3.8) is 0 Å². The highest BCUT2D eigenvalue weighted by molar-refractivity contribution is 6.01. The number of hydrogen-bond acceptors (Lipinski definition) is 2. The fourth-order valence-corrected chi connectivity index (χ4v) is 4.26. The minimum absolute atomic E-state index is 0.0217. The van der Waals surface area contributed by atoms with Crippen LogP contribution < -0.4 is 0 Å². The second-order valence-electron chi connectivity index (χ2n) is 8.51. The zero-order valence-corrected chi connectivity index (χ0v) is 18.5. The predicted octanol–water partition coefficient (Wildman–Crippen LogP) is 6.67. The van der Waals surface area contributed by atoms with Gasteiger partial charge in [0.1, 0.15) is 0 Å². The molecule has 0 amide bonds. The quantitative estimate of drug-likeness (QED) is 0.447. The van der Waals surface area contributed by atoms with Crippen molar-refractivity contribution in [3.05, 3.63) is 64.8 Å². The van der Waals surface area contributed by atoms with Crippen molar-refractivity contribution in [3.8, 4) is 0 Å². The molecule has 1 aromatic carbocycles. The SMILES string of the molecule is C=C(C)C(C)(CCC)c1cccc(C2=CC(C(=O)CCOC)=C(C)CC2C)c1. The Bertz CT molecular complexity index is 796. The van der Waals surface area contributed by atoms with E-state index in [2.05, 4.69) is 71.5 Å². The average molecular weight is 381 g/mol. The van der Waals surface area contributed by atoms with E-state index in [0.717, 1.165) is 24.8 Å². The first-order valence-electron chi connectivity index (χ1n) is 10.4. The molecule has 0 saturated heterocycles. The van der Waals surface area contributed by atoms with Crippen molar-refractivity contribution in [1.29, 1.82) is 0 Å². The van der Waals surface area contributed by atoms with E-state index in [1.807, 2.05) is 0 Å². The molecule has 0 radical (unpaired) electrons. The van der Waals surface area contributed by atoms with Crippen LogP contribution in [0.5, 0.6) is 0 Å². The molecule has 0 N–H and O–H groups in total. The first-order valence-corrected chi connectivity index (χ1v) is 10.4. The van der Waals surface area contributed by atoms with E-state index in [1.165, 1.54) is 27.8 Å². The van der Waals surface area contributed by atoms with Crippen molar-refractivity contribution in [2.45, 2.75) is 65.7 Å². The molecule has 0 aliphatic heterocycles. The van der Waals surface area contributed by atoms with E-state index in [-0.39, 0.29) is 11.2 Å². The number of hydrogen-bond donors (Lipinski definition) is 0. The molecule has 2 nitrogen and oxygen atoms in total. The molecule has 2 unspecified atom stereocenters. The maximum Gasteiger partial charge on any atom is 0.165 e. The third kappa shape index (κ3) is 4.72. The van der Waals surface area contributed by atoms with Gasteiger partial charge in [0.25, 0.3) is 0 Å². The summed E-state index contributed by atoms with van der Waals surface area (Å²) in [6.07, 6.45) is 5.69. The normalized spacial score (nSPS) is 19.2. The second kappa shape index (κ2) is 9.52. The van der Waals surface area contributed by atoms with Gasteiger partial charge in [0, 0.05) is 24.5 Å². The smallest absolute Gasteiger partial charge is 0.165 e. The highest BCUT2D eigenvalue weighted by Crippen LogP contribution is 2.40. The molecule has 2 heteroatoms. The summed E-state index contributed by atoms with van der Waals surface area (Å²) < 4.78 is 5.10. The zero-order valence-electron chi connectivity index (χ0n) is 18.5. The molecule has 0 aromatic heterocycles. The molecule has 0 fully saturated rings. The first kappa shape index (κ1) is 22.4. The standard InChI is InChI=1S/C26H36O2/c1-8-13-26(6,18(2)3)22-11-9-10-21(16-22)23-17-24(20(5)15-19(23)4)25(27)12-14-28-7/h9-11,16-17,19H,2,8,12-15H2,1,3-7H3. The Morgan fingerprint density at radius 1 is 1.36 bits per heavy atom. The van der Waals surface area contributed by atoms with Crippen molar-refractivity contribution >= 4 is 11.4 Å². The number of Topliss-reactive ketones (excluding diaryl/α,β-unsaturated/α-hetero) is 1. The van der Waals surface area contributed by atoms with Crippen LogP contribution in [0, 0.1) is 5.92 Å². The number of methoxy groups -OCH3 is 1. The Morgan fingerprint density at radius 2 is 2.07 bits per heavy atom. The van der Waals surface area contributed by atoms with Gasteiger partial charge >= 0.3 is 0 Å². The van der Waals surface area contributed by atoms with Crippen LogP contribution >= 0.6 is 0 Å². The fraction of sp³-hybridized carbons (Fsp3) is 0.500. The second-order valence-corrected chi connectivity index (χ2v) is 8.51. The van der Waals surface area contributed by atoms with Crippen LogP contribution in [-0.4, -0.2) is 19.5 Å². The molecule has 2 rings (SSSR count). The van der Waals surface area contributed by atoms with Gasteiger partial charge in [-0.05, 0) is 55.4 Å². The summed E-state index contributed by atoms with van der Waals surface area (Å²) in [4.78, 5) is 12.7. The highest BCUT2D eigenvalue weighted by atomic mass is 16.5. The Labute approximate surface area is 171 Å². The fourth-order valence-electron chi connectivity index (χ4n) is 4.26. The third-order valence-corrected chi connectivity index (χ3v) is 6.26. The molecular weight excluding hydrogens is 344 g/mol. The molecule has 2 atom stereocenters. The van der Waals surface area contributed by atoms with Crippen LogP contribution in [0.4, 0.5) is 0 Å². The lowest BCUT2D eigenvalue weighted by molar-refractivity contribution is -0.116. The van der Waals surface area contributed by atoms with Crippen molar-refractivity contribution in [2.24, 2.45) is 5.92 Å². The number of allylic oxidation sites excluding steroid dienone is 5. The number of carbonyl (C=O) groups is 1. The summed E-state index contributed by atoms with van der Waals surface area (Å²) >= 11 is 0. The van der Waals surface area contributed by atoms with Gasteiger partial charge < -0.3 is 4.74 Å². The number of ketones is 1.